The van der Waals surface area contributed by atoms with Gasteiger partial charge in [-0.15, -0.1) is 11.3 Å². The lowest BCUT2D eigenvalue weighted by atomic mass is 10.1. The maximum Gasteiger partial charge on any atom is 0.339 e. The average molecular weight is 279 g/mol. The number of ether oxygens (including phenoxy) is 1. The minimum Gasteiger partial charge on any atom is -0.507 e. The smallest absolute Gasteiger partial charge is 0.339 e. The van der Waals surface area contributed by atoms with Crippen molar-refractivity contribution in [2.24, 2.45) is 0 Å². The van der Waals surface area contributed by atoms with Crippen LogP contribution in [0, 0.1) is 20.8 Å². The number of hydrogen-bond acceptors (Lipinski definition) is 6. The molecule has 1 N–H and O–H groups in total. The van der Waals surface area contributed by atoms with E-state index < -0.39 is 5.97 Å². The molecule has 2 aromatic rings. The highest BCUT2D eigenvalue weighted by Gasteiger charge is 2.21. The van der Waals surface area contributed by atoms with Gasteiger partial charge in [0.05, 0.1) is 22.4 Å². The van der Waals surface area contributed by atoms with Crippen LogP contribution in [0.2, 0.25) is 0 Å². The quantitative estimate of drug-likeness (QED) is 0.809. The van der Waals surface area contributed by atoms with Crippen molar-refractivity contribution >= 4 is 27.5 Å². The van der Waals surface area contributed by atoms with Crippen molar-refractivity contribution in [1.82, 2.24) is 4.98 Å². The molecule has 0 aliphatic carbocycles. The predicted octanol–water partition coefficient (Wildman–Crippen LogP) is 2.07. The van der Waals surface area contributed by atoms with E-state index in [0.29, 0.717) is 15.3 Å². The number of nitrogens with zero attached hydrogens (tertiary/aromatic N) is 1. The summed E-state index contributed by atoms with van der Waals surface area (Å²) < 4.78 is 5.19. The summed E-state index contributed by atoms with van der Waals surface area (Å²) in [5, 5.41) is 10.7. The van der Waals surface area contributed by atoms with Gasteiger partial charge in [0.2, 0.25) is 5.43 Å². The second kappa shape index (κ2) is 4.62. The molecule has 0 spiro atoms. The topological polar surface area (TPSA) is 76.5 Å². The fourth-order valence-corrected chi connectivity index (χ4v) is 2.96. The van der Waals surface area contributed by atoms with Crippen LogP contribution in [-0.4, -0.2) is 23.2 Å². The SMILES string of the molecule is COC(=O)c1c(C)c(O)c(C)c(=O)c2nc(C)sc12. The molecule has 0 fully saturated rings. The second-order valence-electron chi connectivity index (χ2n) is 4.20. The largest absolute Gasteiger partial charge is 0.507 e. The second-order valence-corrected chi connectivity index (χ2v) is 5.41. The summed E-state index contributed by atoms with van der Waals surface area (Å²) in [4.78, 5) is 28.3. The van der Waals surface area contributed by atoms with Gasteiger partial charge in [0.1, 0.15) is 11.3 Å². The van der Waals surface area contributed by atoms with Crippen LogP contribution in [0.3, 0.4) is 0 Å². The van der Waals surface area contributed by atoms with Crippen LogP contribution in [0.5, 0.6) is 5.75 Å². The molecule has 0 saturated carbocycles. The van der Waals surface area contributed by atoms with E-state index in [1.807, 2.05) is 0 Å². The third kappa shape index (κ3) is 1.98. The molecule has 100 valence electrons. The van der Waals surface area contributed by atoms with Crippen LogP contribution in [0.4, 0.5) is 0 Å². The Kier molecular flexibility index (Phi) is 3.28. The normalized spacial score (nSPS) is 10.7. The third-order valence-electron chi connectivity index (χ3n) is 2.99. The third-order valence-corrected chi connectivity index (χ3v) is 3.98. The zero-order chi connectivity index (χ0) is 14.3. The van der Waals surface area contributed by atoms with E-state index in [1.165, 1.54) is 25.4 Å². The summed E-state index contributed by atoms with van der Waals surface area (Å²) >= 11 is 1.24. The summed E-state index contributed by atoms with van der Waals surface area (Å²) in [6.45, 7) is 4.86. The Balaban J connectivity index is 3.14. The number of thiazole rings is 1. The van der Waals surface area contributed by atoms with E-state index >= 15 is 0 Å². The van der Waals surface area contributed by atoms with Crippen molar-refractivity contribution in [3.05, 3.63) is 31.9 Å². The minimum absolute atomic E-state index is 0.183. The Morgan fingerprint density at radius 1 is 1.26 bits per heavy atom. The van der Waals surface area contributed by atoms with E-state index in [1.54, 1.807) is 13.8 Å². The van der Waals surface area contributed by atoms with Crippen LogP contribution < -0.4 is 5.43 Å². The highest BCUT2D eigenvalue weighted by Crippen LogP contribution is 2.30. The van der Waals surface area contributed by atoms with Crippen molar-refractivity contribution in [3.63, 3.8) is 0 Å². The number of carbonyl (C=O) groups excluding carboxylic acids is 1. The first-order chi connectivity index (χ1) is 8.88. The van der Waals surface area contributed by atoms with Crippen LogP contribution in [0.25, 0.3) is 10.2 Å². The first-order valence-corrected chi connectivity index (χ1v) is 6.42. The first kappa shape index (κ1) is 13.5. The molecule has 0 amide bonds. The minimum atomic E-state index is -0.587. The maximum atomic E-state index is 12.2. The van der Waals surface area contributed by atoms with Crippen molar-refractivity contribution in [2.45, 2.75) is 20.8 Å². The molecular weight excluding hydrogens is 266 g/mol. The standard InChI is InChI=1S/C13H13NO4S/c1-5-8(13(17)18-4)12-9(14-7(3)19-12)11(16)6(2)10(5)15/h15H,1-4H3. The summed E-state index contributed by atoms with van der Waals surface area (Å²) in [6.07, 6.45) is 0. The molecule has 19 heavy (non-hydrogen) atoms. The van der Waals surface area contributed by atoms with Crippen molar-refractivity contribution < 1.29 is 14.6 Å². The van der Waals surface area contributed by atoms with Gasteiger partial charge in [-0.05, 0) is 20.8 Å². The summed E-state index contributed by atoms with van der Waals surface area (Å²) in [5.41, 5.74) is 0.549. The molecular formula is C13H13NO4S. The molecule has 0 radical (unpaired) electrons. The molecule has 0 atom stereocenters. The molecule has 0 aliphatic heterocycles. The van der Waals surface area contributed by atoms with Gasteiger partial charge in [-0.2, -0.15) is 0 Å². The number of carbonyl (C=O) groups is 1. The Bertz CT molecular complexity index is 749. The molecule has 0 bridgehead atoms. The van der Waals surface area contributed by atoms with Gasteiger partial charge in [-0.25, -0.2) is 9.78 Å². The van der Waals surface area contributed by atoms with E-state index in [0.717, 1.165) is 0 Å². The average Bonchev–Trinajstić information content (AvgIpc) is 2.74. The van der Waals surface area contributed by atoms with E-state index in [4.69, 9.17) is 4.74 Å². The Hall–Kier alpha value is -1.95. The predicted molar refractivity (Wildman–Crippen MR) is 73.1 cm³/mol. The number of hydrogen-bond donors (Lipinski definition) is 1. The van der Waals surface area contributed by atoms with Gasteiger partial charge in [0.25, 0.3) is 0 Å². The van der Waals surface area contributed by atoms with Gasteiger partial charge in [-0.3, -0.25) is 4.79 Å². The van der Waals surface area contributed by atoms with Crippen LogP contribution in [0.15, 0.2) is 4.79 Å². The Morgan fingerprint density at radius 2 is 1.89 bits per heavy atom. The van der Waals surface area contributed by atoms with Crippen molar-refractivity contribution in [3.8, 4) is 5.75 Å². The molecule has 1 aromatic carbocycles. The molecule has 1 aromatic heterocycles. The van der Waals surface area contributed by atoms with E-state index in [-0.39, 0.29) is 27.8 Å². The molecule has 0 aliphatic rings. The number of esters is 1. The Morgan fingerprint density at radius 3 is 2.47 bits per heavy atom. The lowest BCUT2D eigenvalue weighted by Gasteiger charge is -2.02. The monoisotopic (exact) mass is 279 g/mol. The molecule has 6 heteroatoms. The molecule has 1 heterocycles. The highest BCUT2D eigenvalue weighted by atomic mass is 32.1. The molecule has 0 saturated heterocycles. The number of aryl methyl sites for hydroxylation is 1. The van der Waals surface area contributed by atoms with E-state index in [9.17, 15) is 14.7 Å². The number of methoxy groups -OCH3 is 1. The number of fused-ring (bicyclic) bond motifs is 1. The summed E-state index contributed by atoms with van der Waals surface area (Å²) in [6, 6.07) is 0. The number of aromatic nitrogens is 1. The molecule has 5 nitrogen and oxygen atoms in total. The fourth-order valence-electron chi connectivity index (χ4n) is 1.95. The maximum absolute atomic E-state index is 12.2. The first-order valence-electron chi connectivity index (χ1n) is 5.60. The van der Waals surface area contributed by atoms with Crippen LogP contribution >= 0.6 is 11.3 Å². The summed E-state index contributed by atoms with van der Waals surface area (Å²) in [7, 11) is 1.26. The van der Waals surface area contributed by atoms with Gasteiger partial charge in [0, 0.05) is 11.1 Å². The number of aromatic hydroxyl groups is 1. The summed E-state index contributed by atoms with van der Waals surface area (Å²) in [5.74, 6) is -0.773. The lowest BCUT2D eigenvalue weighted by molar-refractivity contribution is 0.0602. The Labute approximate surface area is 113 Å². The van der Waals surface area contributed by atoms with E-state index in [2.05, 4.69) is 4.98 Å². The zero-order valence-corrected chi connectivity index (χ0v) is 11.8. The lowest BCUT2D eigenvalue weighted by Crippen LogP contribution is -2.03. The van der Waals surface area contributed by atoms with Gasteiger partial charge in [0.15, 0.2) is 0 Å². The number of rotatable bonds is 1. The van der Waals surface area contributed by atoms with Gasteiger partial charge < -0.3 is 9.84 Å². The molecule has 0 unspecified atom stereocenters. The van der Waals surface area contributed by atoms with Crippen LogP contribution in [-0.2, 0) is 4.74 Å². The van der Waals surface area contributed by atoms with Crippen molar-refractivity contribution in [1.29, 1.82) is 0 Å². The van der Waals surface area contributed by atoms with Gasteiger partial charge in [-0.1, -0.05) is 0 Å². The molecule has 2 rings (SSSR count). The van der Waals surface area contributed by atoms with Crippen molar-refractivity contribution in [2.75, 3.05) is 7.11 Å². The zero-order valence-electron chi connectivity index (χ0n) is 11.0. The van der Waals surface area contributed by atoms with Crippen LogP contribution in [0.1, 0.15) is 26.5 Å². The highest BCUT2D eigenvalue weighted by molar-refractivity contribution is 7.18. The fraction of sp³-hybridized carbons (Fsp3) is 0.308. The van der Waals surface area contributed by atoms with Gasteiger partial charge >= 0.3 is 5.97 Å².